The van der Waals surface area contributed by atoms with Gasteiger partial charge in [-0.05, 0) is 17.7 Å². The van der Waals surface area contributed by atoms with Gasteiger partial charge in [0.25, 0.3) is 10.1 Å². The fourth-order valence-corrected chi connectivity index (χ4v) is 2.22. The molecule has 0 aromatic heterocycles. The summed E-state index contributed by atoms with van der Waals surface area (Å²) in [6.45, 7) is -1.47. The van der Waals surface area contributed by atoms with Gasteiger partial charge in [0.15, 0.2) is 0 Å². The van der Waals surface area contributed by atoms with Crippen LogP contribution < -0.4 is 0 Å². The van der Waals surface area contributed by atoms with Gasteiger partial charge < -0.3 is 0 Å². The van der Waals surface area contributed by atoms with Gasteiger partial charge in [0.05, 0.1) is 17.0 Å². The van der Waals surface area contributed by atoms with Crippen molar-refractivity contribution in [2.75, 3.05) is 6.54 Å². The van der Waals surface area contributed by atoms with Gasteiger partial charge in [0, 0.05) is 0 Å². The zero-order chi connectivity index (χ0) is 15.8. The predicted molar refractivity (Wildman–Crippen MR) is 65.2 cm³/mol. The molecule has 0 unspecified atom stereocenters. The molecule has 10 heteroatoms. The molecule has 0 aliphatic carbocycles. The molecule has 1 amide bonds. The number of carbonyl (C=O) groups excluding carboxylic acids is 1. The zero-order valence-electron chi connectivity index (χ0n) is 10.3. The lowest BCUT2D eigenvalue weighted by Gasteiger charge is -2.13. The number of hydrogen-bond acceptors (Lipinski definition) is 4. The molecule has 1 aromatic carbocycles. The van der Waals surface area contributed by atoms with E-state index in [2.05, 4.69) is 5.10 Å². The highest BCUT2D eigenvalue weighted by Crippen LogP contribution is 2.22. The van der Waals surface area contributed by atoms with E-state index in [4.69, 9.17) is 4.55 Å². The highest BCUT2D eigenvalue weighted by Gasteiger charge is 2.36. The Bertz CT molecular complexity index is 695. The number of amides is 1. The Morgan fingerprint density at radius 2 is 1.81 bits per heavy atom. The van der Waals surface area contributed by atoms with Crippen molar-refractivity contribution in [3.8, 4) is 0 Å². The van der Waals surface area contributed by atoms with Gasteiger partial charge in [-0.25, -0.2) is 5.01 Å². The van der Waals surface area contributed by atoms with Crippen LogP contribution >= 0.6 is 0 Å². The Morgan fingerprint density at radius 1 is 1.24 bits per heavy atom. The van der Waals surface area contributed by atoms with E-state index in [-0.39, 0.29) is 17.0 Å². The summed E-state index contributed by atoms with van der Waals surface area (Å²) in [7, 11) is -4.35. The Morgan fingerprint density at radius 3 is 2.29 bits per heavy atom. The fraction of sp³-hybridized carbons (Fsp3) is 0.273. The SMILES string of the molecule is O=C1CC(c2ccc(S(=O)(=O)O)cc2)=NN1CC(F)(F)F. The highest BCUT2D eigenvalue weighted by atomic mass is 32.2. The second-order valence-electron chi connectivity index (χ2n) is 4.29. The van der Waals surface area contributed by atoms with E-state index >= 15 is 0 Å². The monoisotopic (exact) mass is 322 g/mol. The second kappa shape index (κ2) is 5.11. The van der Waals surface area contributed by atoms with E-state index in [1.54, 1.807) is 0 Å². The van der Waals surface area contributed by atoms with Crippen LogP contribution in [0.5, 0.6) is 0 Å². The number of nitrogens with zero attached hydrogens (tertiary/aromatic N) is 2. The molecule has 21 heavy (non-hydrogen) atoms. The lowest BCUT2D eigenvalue weighted by molar-refractivity contribution is -0.159. The number of rotatable bonds is 3. The highest BCUT2D eigenvalue weighted by molar-refractivity contribution is 7.85. The van der Waals surface area contributed by atoms with Crippen molar-refractivity contribution in [2.45, 2.75) is 17.5 Å². The van der Waals surface area contributed by atoms with Crippen LogP contribution in [-0.4, -0.2) is 42.3 Å². The van der Waals surface area contributed by atoms with Crippen molar-refractivity contribution < 1.29 is 30.9 Å². The first kappa shape index (κ1) is 15.4. The fourth-order valence-electron chi connectivity index (χ4n) is 1.74. The lowest BCUT2D eigenvalue weighted by atomic mass is 10.1. The molecule has 1 N–H and O–H groups in total. The van der Waals surface area contributed by atoms with Gasteiger partial charge in [0.2, 0.25) is 5.91 Å². The summed E-state index contributed by atoms with van der Waals surface area (Å²) in [5.41, 5.74) is 0.409. The molecule has 0 bridgehead atoms. The molecule has 1 heterocycles. The third-order valence-corrected chi connectivity index (χ3v) is 3.53. The van der Waals surface area contributed by atoms with Gasteiger partial charge in [-0.3, -0.25) is 9.35 Å². The Kier molecular flexibility index (Phi) is 3.76. The topological polar surface area (TPSA) is 87.0 Å². The first-order valence-corrected chi connectivity index (χ1v) is 7.03. The van der Waals surface area contributed by atoms with Crippen LogP contribution in [0.2, 0.25) is 0 Å². The van der Waals surface area contributed by atoms with Gasteiger partial charge >= 0.3 is 6.18 Å². The standard InChI is InChI=1S/C11H9F3N2O4S/c12-11(13,14)6-16-10(17)5-9(15-16)7-1-3-8(4-2-7)21(18,19)20/h1-4H,5-6H2,(H,18,19,20). The van der Waals surface area contributed by atoms with Crippen LogP contribution in [-0.2, 0) is 14.9 Å². The number of alkyl halides is 3. The Labute approximate surface area is 117 Å². The summed E-state index contributed by atoms with van der Waals surface area (Å²) in [5, 5.41) is 3.91. The minimum Gasteiger partial charge on any atom is -0.282 e. The maximum absolute atomic E-state index is 12.2. The molecule has 114 valence electrons. The van der Waals surface area contributed by atoms with Gasteiger partial charge in [-0.1, -0.05) is 12.1 Å². The third-order valence-electron chi connectivity index (χ3n) is 2.66. The zero-order valence-corrected chi connectivity index (χ0v) is 11.1. The van der Waals surface area contributed by atoms with E-state index in [9.17, 15) is 26.4 Å². The minimum absolute atomic E-state index is 0.103. The first-order chi connectivity index (χ1) is 9.56. The molecular formula is C11H9F3N2O4S. The van der Waals surface area contributed by atoms with E-state index in [1.807, 2.05) is 0 Å². The molecule has 0 atom stereocenters. The van der Waals surface area contributed by atoms with Crippen molar-refractivity contribution in [2.24, 2.45) is 5.10 Å². The Balaban J connectivity index is 2.23. The van der Waals surface area contributed by atoms with Crippen molar-refractivity contribution in [1.29, 1.82) is 0 Å². The molecule has 0 radical (unpaired) electrons. The van der Waals surface area contributed by atoms with Crippen molar-refractivity contribution in [3.05, 3.63) is 29.8 Å². The number of hydrogen-bond donors (Lipinski definition) is 1. The van der Waals surface area contributed by atoms with Gasteiger partial charge in [-0.15, -0.1) is 0 Å². The quantitative estimate of drug-likeness (QED) is 0.853. The number of hydrazone groups is 1. The summed E-state index contributed by atoms with van der Waals surface area (Å²) in [6.07, 6.45) is -4.86. The average molecular weight is 322 g/mol. The van der Waals surface area contributed by atoms with Crippen molar-refractivity contribution >= 4 is 21.7 Å². The van der Waals surface area contributed by atoms with Crippen LogP contribution in [0.25, 0.3) is 0 Å². The smallest absolute Gasteiger partial charge is 0.282 e. The molecule has 1 aliphatic heterocycles. The van der Waals surface area contributed by atoms with E-state index in [0.29, 0.717) is 10.6 Å². The molecule has 1 aliphatic rings. The van der Waals surface area contributed by atoms with Crippen LogP contribution in [0.1, 0.15) is 12.0 Å². The average Bonchev–Trinajstić information content (AvgIpc) is 2.68. The van der Waals surface area contributed by atoms with Gasteiger partial charge in [-0.2, -0.15) is 26.7 Å². The number of benzene rings is 1. The van der Waals surface area contributed by atoms with E-state index < -0.39 is 28.7 Å². The van der Waals surface area contributed by atoms with Crippen LogP contribution in [0.3, 0.4) is 0 Å². The van der Waals surface area contributed by atoms with E-state index in [1.165, 1.54) is 12.1 Å². The normalized spacial score (nSPS) is 16.3. The Hall–Kier alpha value is -1.94. The van der Waals surface area contributed by atoms with Crippen LogP contribution in [0, 0.1) is 0 Å². The summed E-state index contributed by atoms with van der Waals surface area (Å²) < 4.78 is 67.3. The van der Waals surface area contributed by atoms with Gasteiger partial charge in [0.1, 0.15) is 6.54 Å². The molecular weight excluding hydrogens is 313 g/mol. The minimum atomic E-state index is -4.55. The molecule has 0 fully saturated rings. The summed E-state index contributed by atoms with van der Waals surface area (Å²) >= 11 is 0. The first-order valence-electron chi connectivity index (χ1n) is 5.59. The number of halogens is 3. The molecule has 6 nitrogen and oxygen atoms in total. The molecule has 0 saturated heterocycles. The predicted octanol–water partition coefficient (Wildman–Crippen LogP) is 1.43. The number of carbonyl (C=O) groups is 1. The molecule has 0 spiro atoms. The molecule has 2 rings (SSSR count). The maximum Gasteiger partial charge on any atom is 0.408 e. The maximum atomic E-state index is 12.2. The van der Waals surface area contributed by atoms with Crippen LogP contribution in [0.4, 0.5) is 13.2 Å². The lowest BCUT2D eigenvalue weighted by Crippen LogP contribution is -2.32. The van der Waals surface area contributed by atoms with E-state index in [0.717, 1.165) is 12.1 Å². The van der Waals surface area contributed by atoms with Crippen molar-refractivity contribution in [1.82, 2.24) is 5.01 Å². The third kappa shape index (κ3) is 3.79. The molecule has 1 aromatic rings. The second-order valence-corrected chi connectivity index (χ2v) is 5.71. The summed E-state index contributed by atoms with van der Waals surface area (Å²) in [4.78, 5) is 11.1. The molecule has 0 saturated carbocycles. The van der Waals surface area contributed by atoms with Crippen LogP contribution in [0.15, 0.2) is 34.3 Å². The van der Waals surface area contributed by atoms with Crippen molar-refractivity contribution in [3.63, 3.8) is 0 Å². The summed E-state index contributed by atoms with van der Waals surface area (Å²) in [6, 6.07) is 4.66. The summed E-state index contributed by atoms with van der Waals surface area (Å²) in [5.74, 6) is -0.791. The largest absolute Gasteiger partial charge is 0.408 e.